The Hall–Kier alpha value is -3.70. The first kappa shape index (κ1) is 20.9. The third kappa shape index (κ3) is 3.11. The fourth-order valence-electron chi connectivity index (χ4n) is 5.64. The smallest absolute Gasteiger partial charge is 0.262 e. The van der Waals surface area contributed by atoms with Gasteiger partial charge in [0.05, 0.1) is 23.3 Å². The number of hydrogen-bond donors (Lipinski definition) is 0. The Balaban J connectivity index is 1.33. The van der Waals surface area contributed by atoms with E-state index in [4.69, 9.17) is 4.74 Å². The molecule has 2 aliphatic rings. The fraction of sp³-hybridized carbons (Fsp3) is 0.241. The highest BCUT2D eigenvalue weighted by atomic mass is 16.5. The van der Waals surface area contributed by atoms with Crippen molar-refractivity contribution in [3.63, 3.8) is 0 Å². The summed E-state index contributed by atoms with van der Waals surface area (Å²) < 4.78 is 7.96. The normalized spacial score (nSPS) is 16.7. The summed E-state index contributed by atoms with van der Waals surface area (Å²) in [6.45, 7) is 3.76. The monoisotopic (exact) mass is 450 g/mol. The molecule has 1 spiro atoms. The Labute approximate surface area is 198 Å². The van der Waals surface area contributed by atoms with Gasteiger partial charge in [-0.3, -0.25) is 14.2 Å². The standard InChI is InChI=1S/C29H26N2O3/c1-20-26(23-12-6-8-14-25(23)31(20)27(32)21-9-3-2-4-10-21)28(33)30-17-15-29(16-18-30)24-13-7-5-11-22(24)19-34-29/h2-14H,15-19H2,1H3. The molecule has 1 aromatic heterocycles. The number of hydrogen-bond acceptors (Lipinski definition) is 3. The summed E-state index contributed by atoms with van der Waals surface area (Å²) in [5, 5.41) is 0.817. The van der Waals surface area contributed by atoms with E-state index in [0.29, 0.717) is 36.5 Å². The first-order chi connectivity index (χ1) is 16.6. The first-order valence-corrected chi connectivity index (χ1v) is 11.8. The van der Waals surface area contributed by atoms with Crippen LogP contribution in [0.2, 0.25) is 0 Å². The van der Waals surface area contributed by atoms with Crippen LogP contribution in [-0.2, 0) is 16.9 Å². The van der Waals surface area contributed by atoms with Crippen LogP contribution >= 0.6 is 0 Å². The lowest BCUT2D eigenvalue weighted by atomic mass is 9.83. The van der Waals surface area contributed by atoms with Crippen molar-refractivity contribution in [1.82, 2.24) is 9.47 Å². The maximum Gasteiger partial charge on any atom is 0.262 e. The number of nitrogens with zero attached hydrogens (tertiary/aromatic N) is 2. The number of carbonyl (C=O) groups is 2. The second kappa shape index (κ2) is 7.96. The van der Waals surface area contributed by atoms with Gasteiger partial charge in [-0.2, -0.15) is 0 Å². The number of fused-ring (bicyclic) bond motifs is 3. The molecule has 0 atom stereocenters. The lowest BCUT2D eigenvalue weighted by Crippen LogP contribution is -2.45. The van der Waals surface area contributed by atoms with E-state index in [0.717, 1.165) is 23.7 Å². The number of ether oxygens (including phenoxy) is 1. The van der Waals surface area contributed by atoms with Crippen LogP contribution < -0.4 is 0 Å². The van der Waals surface area contributed by atoms with E-state index < -0.39 is 0 Å². The molecule has 0 radical (unpaired) electrons. The molecule has 0 aliphatic carbocycles. The zero-order valence-electron chi connectivity index (χ0n) is 19.2. The molecule has 3 aromatic carbocycles. The molecule has 1 fully saturated rings. The van der Waals surface area contributed by atoms with Crippen molar-refractivity contribution in [2.75, 3.05) is 13.1 Å². The molecule has 0 bridgehead atoms. The molecule has 170 valence electrons. The Kier molecular flexibility index (Phi) is 4.89. The van der Waals surface area contributed by atoms with Crippen LogP contribution in [0.15, 0.2) is 78.9 Å². The maximum atomic E-state index is 13.8. The van der Waals surface area contributed by atoms with E-state index >= 15 is 0 Å². The van der Waals surface area contributed by atoms with Crippen LogP contribution in [0.5, 0.6) is 0 Å². The van der Waals surface area contributed by atoms with E-state index in [1.54, 1.807) is 4.57 Å². The van der Waals surface area contributed by atoms with Gasteiger partial charge in [0.25, 0.3) is 11.8 Å². The lowest BCUT2D eigenvalue weighted by molar-refractivity contribution is -0.0741. The topological polar surface area (TPSA) is 51.5 Å². The third-order valence-corrected chi connectivity index (χ3v) is 7.42. The zero-order chi connectivity index (χ0) is 23.3. The Morgan fingerprint density at radius 3 is 2.29 bits per heavy atom. The van der Waals surface area contributed by atoms with Gasteiger partial charge in [-0.1, -0.05) is 60.7 Å². The van der Waals surface area contributed by atoms with Gasteiger partial charge in [0.1, 0.15) is 0 Å². The molecule has 2 aliphatic heterocycles. The summed E-state index contributed by atoms with van der Waals surface area (Å²) >= 11 is 0. The molecule has 0 N–H and O–H groups in total. The highest BCUT2D eigenvalue weighted by molar-refractivity contribution is 6.13. The molecule has 1 amide bonds. The molecule has 5 heteroatoms. The van der Waals surface area contributed by atoms with Crippen LogP contribution in [0, 0.1) is 6.92 Å². The Bertz CT molecular complexity index is 1410. The van der Waals surface area contributed by atoms with E-state index in [9.17, 15) is 9.59 Å². The van der Waals surface area contributed by atoms with Crippen molar-refractivity contribution < 1.29 is 14.3 Å². The van der Waals surface area contributed by atoms with Crippen molar-refractivity contribution in [2.24, 2.45) is 0 Å². The van der Waals surface area contributed by atoms with Gasteiger partial charge in [0.15, 0.2) is 0 Å². The number of piperidine rings is 1. The molecule has 0 saturated carbocycles. The highest BCUT2D eigenvalue weighted by Gasteiger charge is 2.43. The van der Waals surface area contributed by atoms with E-state index in [1.807, 2.05) is 66.4 Å². The summed E-state index contributed by atoms with van der Waals surface area (Å²) in [7, 11) is 0. The number of carbonyl (C=O) groups excluding carboxylic acids is 2. The third-order valence-electron chi connectivity index (χ3n) is 7.42. The Morgan fingerprint density at radius 1 is 0.824 bits per heavy atom. The molecular weight excluding hydrogens is 424 g/mol. The highest BCUT2D eigenvalue weighted by Crippen LogP contribution is 2.44. The van der Waals surface area contributed by atoms with Crippen LogP contribution in [-0.4, -0.2) is 34.4 Å². The van der Waals surface area contributed by atoms with Crippen molar-refractivity contribution in [1.29, 1.82) is 0 Å². The van der Waals surface area contributed by atoms with Gasteiger partial charge in [-0.25, -0.2) is 0 Å². The zero-order valence-corrected chi connectivity index (χ0v) is 19.2. The molecular formula is C29H26N2O3. The second-order valence-corrected chi connectivity index (χ2v) is 9.22. The van der Waals surface area contributed by atoms with Gasteiger partial charge in [-0.05, 0) is 49.1 Å². The van der Waals surface area contributed by atoms with E-state index in [2.05, 4.69) is 24.3 Å². The Morgan fingerprint density at radius 2 is 1.50 bits per heavy atom. The predicted molar refractivity (Wildman–Crippen MR) is 131 cm³/mol. The van der Waals surface area contributed by atoms with Crippen LogP contribution in [0.1, 0.15) is 50.4 Å². The lowest BCUT2D eigenvalue weighted by Gasteiger charge is -2.39. The summed E-state index contributed by atoms with van der Waals surface area (Å²) in [5.41, 5.74) is 4.89. The second-order valence-electron chi connectivity index (χ2n) is 9.22. The molecule has 1 saturated heterocycles. The number of aromatic nitrogens is 1. The van der Waals surface area contributed by atoms with Crippen molar-refractivity contribution >= 4 is 22.7 Å². The summed E-state index contributed by atoms with van der Waals surface area (Å²) in [6.07, 6.45) is 1.55. The number of para-hydroxylation sites is 1. The van der Waals surface area contributed by atoms with Crippen molar-refractivity contribution in [2.45, 2.75) is 32.0 Å². The average Bonchev–Trinajstić information content (AvgIpc) is 3.39. The van der Waals surface area contributed by atoms with Gasteiger partial charge in [0.2, 0.25) is 0 Å². The quantitative estimate of drug-likeness (QED) is 0.416. The minimum absolute atomic E-state index is 0.0190. The van der Waals surface area contributed by atoms with E-state index in [-0.39, 0.29) is 17.4 Å². The summed E-state index contributed by atoms with van der Waals surface area (Å²) in [5.74, 6) is -0.142. The number of likely N-dealkylation sites (tertiary alicyclic amines) is 1. The summed E-state index contributed by atoms with van der Waals surface area (Å²) in [4.78, 5) is 29.1. The molecule has 34 heavy (non-hydrogen) atoms. The number of rotatable bonds is 2. The maximum absolute atomic E-state index is 13.8. The van der Waals surface area contributed by atoms with Crippen LogP contribution in [0.4, 0.5) is 0 Å². The number of benzene rings is 3. The number of amides is 1. The van der Waals surface area contributed by atoms with E-state index in [1.165, 1.54) is 11.1 Å². The minimum atomic E-state index is -0.292. The molecule has 6 rings (SSSR count). The largest absolute Gasteiger partial charge is 0.365 e. The van der Waals surface area contributed by atoms with Gasteiger partial charge in [-0.15, -0.1) is 0 Å². The van der Waals surface area contributed by atoms with Crippen LogP contribution in [0.25, 0.3) is 10.9 Å². The fourth-order valence-corrected chi connectivity index (χ4v) is 5.64. The van der Waals surface area contributed by atoms with Crippen molar-refractivity contribution in [3.8, 4) is 0 Å². The summed E-state index contributed by atoms with van der Waals surface area (Å²) in [6, 6.07) is 25.3. The molecule has 3 heterocycles. The predicted octanol–water partition coefficient (Wildman–Crippen LogP) is 5.30. The minimum Gasteiger partial charge on any atom is -0.365 e. The molecule has 0 unspecified atom stereocenters. The van der Waals surface area contributed by atoms with Crippen LogP contribution in [0.3, 0.4) is 0 Å². The van der Waals surface area contributed by atoms with Gasteiger partial charge in [0, 0.05) is 29.7 Å². The van der Waals surface area contributed by atoms with Crippen molar-refractivity contribution in [3.05, 3.63) is 107 Å². The average molecular weight is 451 g/mol. The molecule has 4 aromatic rings. The molecule has 5 nitrogen and oxygen atoms in total. The first-order valence-electron chi connectivity index (χ1n) is 11.8. The van der Waals surface area contributed by atoms with Gasteiger partial charge >= 0.3 is 0 Å². The van der Waals surface area contributed by atoms with Gasteiger partial charge < -0.3 is 9.64 Å². The SMILES string of the molecule is Cc1c(C(=O)N2CCC3(CC2)OCc2ccccc23)c2ccccc2n1C(=O)c1ccccc1.